The molecule has 186 valence electrons. The van der Waals surface area contributed by atoms with Crippen molar-refractivity contribution in [2.75, 3.05) is 7.05 Å². The predicted octanol–water partition coefficient (Wildman–Crippen LogP) is 6.97. The van der Waals surface area contributed by atoms with Gasteiger partial charge in [0.2, 0.25) is 0 Å². The van der Waals surface area contributed by atoms with E-state index in [4.69, 9.17) is 21.6 Å². The van der Waals surface area contributed by atoms with Gasteiger partial charge in [-0.1, -0.05) is 35.9 Å². The maximum Gasteiger partial charge on any atom is 0.199 e. The Hall–Kier alpha value is -2.87. The van der Waals surface area contributed by atoms with Gasteiger partial charge in [0.05, 0.1) is 11.4 Å². The largest absolute Gasteiger partial charge is 0.353 e. The summed E-state index contributed by atoms with van der Waals surface area (Å²) in [5, 5.41) is 7.22. The van der Waals surface area contributed by atoms with Gasteiger partial charge in [-0.15, -0.1) is 22.7 Å². The molecular weight excluding hydrogens is 506 g/mol. The van der Waals surface area contributed by atoms with Crippen LogP contribution in [0.25, 0.3) is 5.57 Å². The van der Waals surface area contributed by atoms with Crippen LogP contribution in [0.15, 0.2) is 63.8 Å². The zero-order valence-electron chi connectivity index (χ0n) is 21.1. The van der Waals surface area contributed by atoms with Crippen LogP contribution < -0.4 is 10.6 Å². The quantitative estimate of drug-likeness (QED) is 0.371. The number of aryl methyl sites for hydroxylation is 4. The van der Waals surface area contributed by atoms with Crippen molar-refractivity contribution in [1.82, 2.24) is 15.5 Å². The number of guanidine groups is 1. The van der Waals surface area contributed by atoms with Crippen molar-refractivity contribution in [3.63, 3.8) is 0 Å². The lowest BCUT2D eigenvalue weighted by molar-refractivity contribution is 0.478. The number of nitrogens with one attached hydrogen (secondary N) is 2. The Morgan fingerprint density at radius 1 is 0.944 bits per heavy atom. The molecule has 2 atom stereocenters. The minimum Gasteiger partial charge on any atom is -0.353 e. The summed E-state index contributed by atoms with van der Waals surface area (Å²) < 4.78 is 0. The van der Waals surface area contributed by atoms with Crippen molar-refractivity contribution in [3.05, 3.63) is 95.6 Å². The standard InChI is InChI=1S/C28H30ClN5S2/c1-16-10-22(18(3)35-16)26-24(12-30-15-32-26)21-9-7-6-8-20(21)14-34(5)28-31-13-25(29)27(33-28)23-11-17(2)36-19(23)4/h6-13,15,26-27H,14H2,1-5H3,(H,30,32)(H,31,33). The summed E-state index contributed by atoms with van der Waals surface area (Å²) in [6.45, 7) is 9.29. The summed E-state index contributed by atoms with van der Waals surface area (Å²) in [4.78, 5) is 17.1. The van der Waals surface area contributed by atoms with E-state index in [-0.39, 0.29) is 12.1 Å². The van der Waals surface area contributed by atoms with Crippen LogP contribution in [-0.2, 0) is 6.54 Å². The first-order chi connectivity index (χ1) is 17.3. The number of hydrogen-bond acceptors (Lipinski definition) is 7. The second-order valence-electron chi connectivity index (χ2n) is 9.23. The summed E-state index contributed by atoms with van der Waals surface area (Å²) in [5.41, 5.74) is 6.02. The van der Waals surface area contributed by atoms with E-state index in [2.05, 4.69) is 92.9 Å². The lowest BCUT2D eigenvalue weighted by Crippen LogP contribution is -2.38. The molecular formula is C28H30ClN5S2. The summed E-state index contributed by atoms with van der Waals surface area (Å²) in [6, 6.07) is 12.8. The number of nitrogens with zero attached hydrogens (tertiary/aromatic N) is 3. The molecule has 0 fully saturated rings. The highest BCUT2D eigenvalue weighted by Crippen LogP contribution is 2.40. The van der Waals surface area contributed by atoms with Crippen LogP contribution in [-0.4, -0.2) is 24.2 Å². The second-order valence-corrected chi connectivity index (χ2v) is 12.6. The Morgan fingerprint density at radius 2 is 1.61 bits per heavy atom. The molecule has 5 nitrogen and oxygen atoms in total. The Bertz CT molecular complexity index is 1410. The minimum atomic E-state index is -0.181. The third-order valence-electron chi connectivity index (χ3n) is 6.53. The van der Waals surface area contributed by atoms with Gasteiger partial charge in [-0.25, -0.2) is 4.99 Å². The van der Waals surface area contributed by atoms with Crippen LogP contribution in [0.3, 0.4) is 0 Å². The molecule has 4 heterocycles. The van der Waals surface area contributed by atoms with Crippen molar-refractivity contribution in [1.29, 1.82) is 0 Å². The van der Waals surface area contributed by atoms with Crippen LogP contribution in [0.5, 0.6) is 0 Å². The van der Waals surface area contributed by atoms with E-state index in [1.165, 1.54) is 47.3 Å². The van der Waals surface area contributed by atoms with Crippen LogP contribution >= 0.6 is 34.3 Å². The number of benzene rings is 1. The molecule has 0 aliphatic carbocycles. The average molecular weight is 536 g/mol. The van der Waals surface area contributed by atoms with E-state index >= 15 is 0 Å². The van der Waals surface area contributed by atoms with Crippen molar-refractivity contribution in [2.24, 2.45) is 9.98 Å². The summed E-state index contributed by atoms with van der Waals surface area (Å²) in [5.74, 6) is 0.803. The van der Waals surface area contributed by atoms with E-state index in [1.807, 2.05) is 17.5 Å². The van der Waals surface area contributed by atoms with Gasteiger partial charge in [-0.05, 0) is 62.1 Å². The first-order valence-electron chi connectivity index (χ1n) is 11.9. The van der Waals surface area contributed by atoms with Crippen molar-refractivity contribution < 1.29 is 0 Å². The lowest BCUT2D eigenvalue weighted by atomic mass is 9.90. The highest BCUT2D eigenvalue weighted by Gasteiger charge is 2.26. The first-order valence-corrected chi connectivity index (χ1v) is 13.9. The molecule has 0 amide bonds. The summed E-state index contributed by atoms with van der Waals surface area (Å²) in [6.07, 6.45) is 5.74. The zero-order chi connectivity index (χ0) is 25.4. The van der Waals surface area contributed by atoms with Crippen LogP contribution in [0, 0.1) is 27.7 Å². The van der Waals surface area contributed by atoms with Crippen LogP contribution in [0.2, 0.25) is 0 Å². The first kappa shape index (κ1) is 24.8. The Balaban J connectivity index is 1.43. The minimum absolute atomic E-state index is 0.0243. The molecule has 2 aromatic heterocycles. The molecule has 0 bridgehead atoms. The van der Waals surface area contributed by atoms with Gasteiger partial charge in [-0.2, -0.15) is 0 Å². The maximum absolute atomic E-state index is 6.59. The summed E-state index contributed by atoms with van der Waals surface area (Å²) in [7, 11) is 2.06. The lowest BCUT2D eigenvalue weighted by Gasteiger charge is -2.28. The van der Waals surface area contributed by atoms with Crippen LogP contribution in [0.4, 0.5) is 0 Å². The van der Waals surface area contributed by atoms with Crippen LogP contribution in [0.1, 0.15) is 53.8 Å². The van der Waals surface area contributed by atoms with Gasteiger partial charge in [0, 0.05) is 51.1 Å². The molecule has 5 rings (SSSR count). The number of thiophene rings is 2. The average Bonchev–Trinajstić information content (AvgIpc) is 3.38. The third-order valence-corrected chi connectivity index (χ3v) is 8.81. The SMILES string of the molecule is Cc1cc(C2N=C(N(C)Cc3ccccc3C3=CNC=NC3c3cc(C)sc3C)NC=C2Cl)c(C)s1. The number of hydrogen-bond donors (Lipinski definition) is 2. The van der Waals surface area contributed by atoms with Gasteiger partial charge in [0.15, 0.2) is 5.96 Å². The third kappa shape index (κ3) is 4.88. The van der Waals surface area contributed by atoms with E-state index in [0.717, 1.165) is 5.96 Å². The highest BCUT2D eigenvalue weighted by atomic mass is 35.5. The fourth-order valence-corrected chi connectivity index (χ4v) is 6.99. The molecule has 0 saturated carbocycles. The predicted molar refractivity (Wildman–Crippen MR) is 155 cm³/mol. The van der Waals surface area contributed by atoms with E-state index in [1.54, 1.807) is 17.7 Å². The molecule has 0 radical (unpaired) electrons. The Kier molecular flexibility index (Phi) is 7.06. The monoisotopic (exact) mass is 535 g/mol. The Labute approximate surface area is 225 Å². The molecule has 2 N–H and O–H groups in total. The zero-order valence-corrected chi connectivity index (χ0v) is 23.5. The highest BCUT2D eigenvalue weighted by molar-refractivity contribution is 7.12. The van der Waals surface area contributed by atoms with Gasteiger partial charge in [-0.3, -0.25) is 4.99 Å². The van der Waals surface area contributed by atoms with E-state index in [9.17, 15) is 0 Å². The molecule has 2 aliphatic heterocycles. The fourth-order valence-electron chi connectivity index (χ4n) is 4.85. The molecule has 0 spiro atoms. The molecule has 36 heavy (non-hydrogen) atoms. The summed E-state index contributed by atoms with van der Waals surface area (Å²) >= 11 is 10.2. The van der Waals surface area contributed by atoms with E-state index < -0.39 is 0 Å². The molecule has 3 aromatic rings. The number of halogens is 1. The number of aliphatic imine (C=N–C) groups is 2. The van der Waals surface area contributed by atoms with Crippen molar-refractivity contribution in [3.8, 4) is 0 Å². The van der Waals surface area contributed by atoms with Crippen molar-refractivity contribution >= 4 is 52.1 Å². The molecule has 2 aliphatic rings. The van der Waals surface area contributed by atoms with Gasteiger partial charge >= 0.3 is 0 Å². The van der Waals surface area contributed by atoms with Gasteiger partial charge in [0.25, 0.3) is 0 Å². The molecule has 2 unspecified atom stereocenters. The topological polar surface area (TPSA) is 52.0 Å². The molecule has 0 saturated heterocycles. The number of rotatable bonds is 5. The maximum atomic E-state index is 6.59. The molecule has 8 heteroatoms. The van der Waals surface area contributed by atoms with Crippen molar-refractivity contribution in [2.45, 2.75) is 46.3 Å². The molecule has 1 aromatic carbocycles. The van der Waals surface area contributed by atoms with Gasteiger partial charge in [0.1, 0.15) is 12.1 Å². The normalized spacial score (nSPS) is 19.2. The van der Waals surface area contributed by atoms with Gasteiger partial charge < -0.3 is 15.5 Å². The smallest absolute Gasteiger partial charge is 0.199 e. The Morgan fingerprint density at radius 3 is 2.28 bits per heavy atom. The fraction of sp³-hybridized carbons (Fsp3) is 0.286. The van der Waals surface area contributed by atoms with E-state index in [0.29, 0.717) is 11.6 Å². The second kappa shape index (κ2) is 10.2.